The van der Waals surface area contributed by atoms with Crippen LogP contribution in [0.15, 0.2) is 103 Å². The number of carbonyl (C=O) groups is 1. The van der Waals surface area contributed by atoms with E-state index in [2.05, 4.69) is 0 Å². The van der Waals surface area contributed by atoms with Gasteiger partial charge < -0.3 is 14.2 Å². The lowest BCUT2D eigenvalue weighted by molar-refractivity contribution is -0.137. The van der Waals surface area contributed by atoms with Crippen LogP contribution < -0.4 is 10.6 Å². The Bertz CT molecular complexity index is 1110. The molecule has 1 unspecified atom stereocenters. The molecule has 156 valence electrons. The average Bonchev–Trinajstić information content (AvgIpc) is 2.83. The van der Waals surface area contributed by atoms with Crippen LogP contribution in [0.2, 0.25) is 0 Å². The Labute approximate surface area is 182 Å². The molecule has 1 atom stereocenters. The highest BCUT2D eigenvalue weighted by atomic mass is 31.2. The highest BCUT2D eigenvalue weighted by Gasteiger charge is 2.42. The smallest absolute Gasteiger partial charge is 0.332 e. The van der Waals surface area contributed by atoms with Crippen LogP contribution in [0.4, 0.5) is 0 Å². The minimum atomic E-state index is -3.19. The van der Waals surface area contributed by atoms with Crippen molar-refractivity contribution in [3.63, 3.8) is 0 Å². The molecule has 4 rings (SSSR count). The van der Waals surface area contributed by atoms with Gasteiger partial charge in [-0.05, 0) is 24.1 Å². The summed E-state index contributed by atoms with van der Waals surface area (Å²) in [5, 5.41) is 1.54. The number of hydrogen-bond acceptors (Lipinski definition) is 4. The number of benzene rings is 3. The van der Waals surface area contributed by atoms with Gasteiger partial charge in [-0.25, -0.2) is 4.79 Å². The van der Waals surface area contributed by atoms with E-state index in [9.17, 15) is 4.79 Å². The van der Waals surface area contributed by atoms with Crippen molar-refractivity contribution in [1.29, 1.82) is 0 Å². The van der Waals surface area contributed by atoms with Gasteiger partial charge in [0.1, 0.15) is 5.78 Å². The fraction of sp³-hybridized carbons (Fsp3) is 0.115. The Balaban J connectivity index is 1.92. The molecule has 0 amide bonds. The second-order valence-corrected chi connectivity index (χ2v) is 10.0. The standard InChI is InChI=1S/C26H24NO3P/c1-2-30-25(28)18-20-27-19-17-21-11-9-10-16-24(21)26(27)31(29,22-12-5-3-6-13-22)23-14-7-4-8-15-23/h3-20,26H,2H2,1H3/b20-18+. The molecule has 0 bridgehead atoms. The Morgan fingerprint density at radius 3 is 2.13 bits per heavy atom. The van der Waals surface area contributed by atoms with Gasteiger partial charge in [0.2, 0.25) is 0 Å². The van der Waals surface area contributed by atoms with Crippen molar-refractivity contribution < 1.29 is 14.1 Å². The number of esters is 1. The minimum absolute atomic E-state index is 0.303. The normalized spacial score (nSPS) is 15.6. The van der Waals surface area contributed by atoms with E-state index in [1.54, 1.807) is 13.1 Å². The minimum Gasteiger partial charge on any atom is -0.463 e. The molecule has 4 nitrogen and oxygen atoms in total. The van der Waals surface area contributed by atoms with E-state index in [1.165, 1.54) is 6.08 Å². The summed E-state index contributed by atoms with van der Waals surface area (Å²) in [6.45, 7) is 2.07. The molecule has 1 heterocycles. The van der Waals surface area contributed by atoms with Crippen molar-refractivity contribution in [3.05, 3.63) is 115 Å². The molecule has 1 aliphatic rings. The molecule has 0 saturated carbocycles. The summed E-state index contributed by atoms with van der Waals surface area (Å²) in [6.07, 6.45) is 6.89. The Hall–Kier alpha value is -3.36. The molecule has 0 spiro atoms. The molecule has 0 aliphatic carbocycles. The van der Waals surface area contributed by atoms with Gasteiger partial charge in [-0.15, -0.1) is 0 Å². The highest BCUT2D eigenvalue weighted by molar-refractivity contribution is 7.79. The largest absolute Gasteiger partial charge is 0.463 e. The van der Waals surface area contributed by atoms with Gasteiger partial charge in [0.25, 0.3) is 0 Å². The van der Waals surface area contributed by atoms with Crippen molar-refractivity contribution in [2.45, 2.75) is 12.7 Å². The van der Waals surface area contributed by atoms with Crippen LogP contribution >= 0.6 is 7.14 Å². The third-order valence-corrected chi connectivity index (χ3v) is 8.64. The molecule has 3 aromatic rings. The van der Waals surface area contributed by atoms with E-state index in [1.807, 2.05) is 102 Å². The van der Waals surface area contributed by atoms with Crippen LogP contribution in [-0.4, -0.2) is 17.5 Å². The SMILES string of the molecule is CCOC(=O)/C=C/N1C=Cc2ccccc2C1P(=O)(c1ccccc1)c1ccccc1. The number of ether oxygens (including phenoxy) is 1. The topological polar surface area (TPSA) is 46.6 Å². The molecular formula is C26H24NO3P. The Morgan fingerprint density at radius 1 is 0.935 bits per heavy atom. The summed E-state index contributed by atoms with van der Waals surface area (Å²) in [5.41, 5.74) is 1.97. The molecule has 0 saturated heterocycles. The van der Waals surface area contributed by atoms with Crippen LogP contribution in [-0.2, 0) is 14.1 Å². The van der Waals surface area contributed by atoms with Gasteiger partial charge >= 0.3 is 5.97 Å². The van der Waals surface area contributed by atoms with Gasteiger partial charge in [0.15, 0.2) is 7.14 Å². The van der Waals surface area contributed by atoms with E-state index in [4.69, 9.17) is 4.74 Å². The summed E-state index contributed by atoms with van der Waals surface area (Å²) >= 11 is 0. The molecular weight excluding hydrogens is 405 g/mol. The highest BCUT2D eigenvalue weighted by Crippen LogP contribution is 2.60. The van der Waals surface area contributed by atoms with E-state index in [-0.39, 0.29) is 0 Å². The second-order valence-electron chi connectivity index (χ2n) is 7.16. The first-order valence-corrected chi connectivity index (χ1v) is 12.0. The number of rotatable bonds is 6. The zero-order chi connectivity index (χ0) is 21.7. The fourth-order valence-electron chi connectivity index (χ4n) is 3.89. The van der Waals surface area contributed by atoms with Gasteiger partial charge in [0.05, 0.1) is 6.61 Å². The summed E-state index contributed by atoms with van der Waals surface area (Å²) in [4.78, 5) is 13.9. The predicted octanol–water partition coefficient (Wildman–Crippen LogP) is 5.06. The Kier molecular flexibility index (Phi) is 6.20. The zero-order valence-corrected chi connectivity index (χ0v) is 18.2. The lowest BCUT2D eigenvalue weighted by atomic mass is 10.0. The van der Waals surface area contributed by atoms with Gasteiger partial charge in [-0.2, -0.15) is 0 Å². The molecule has 5 heteroatoms. The van der Waals surface area contributed by atoms with Gasteiger partial charge in [-0.3, -0.25) is 0 Å². The van der Waals surface area contributed by atoms with Crippen LogP contribution in [0, 0.1) is 0 Å². The number of hydrogen-bond donors (Lipinski definition) is 0. The second kappa shape index (κ2) is 9.20. The van der Waals surface area contributed by atoms with Crippen LogP contribution in [0.3, 0.4) is 0 Å². The van der Waals surface area contributed by atoms with E-state index in [0.29, 0.717) is 6.61 Å². The molecule has 3 aromatic carbocycles. The first-order chi connectivity index (χ1) is 15.1. The molecule has 31 heavy (non-hydrogen) atoms. The monoisotopic (exact) mass is 429 g/mol. The third kappa shape index (κ3) is 4.12. The first kappa shape index (κ1) is 20.9. The summed E-state index contributed by atoms with van der Waals surface area (Å²) in [6, 6.07) is 27.1. The summed E-state index contributed by atoms with van der Waals surface area (Å²) < 4.78 is 20.1. The van der Waals surface area contributed by atoms with Gasteiger partial charge in [-0.1, -0.05) is 84.9 Å². The van der Waals surface area contributed by atoms with Crippen molar-refractivity contribution >= 4 is 29.8 Å². The molecule has 1 aliphatic heterocycles. The predicted molar refractivity (Wildman–Crippen MR) is 126 cm³/mol. The quantitative estimate of drug-likeness (QED) is 0.312. The zero-order valence-electron chi connectivity index (χ0n) is 17.3. The van der Waals surface area contributed by atoms with E-state index in [0.717, 1.165) is 21.7 Å². The van der Waals surface area contributed by atoms with Crippen LogP contribution in [0.1, 0.15) is 23.8 Å². The van der Waals surface area contributed by atoms with Crippen molar-refractivity contribution in [2.24, 2.45) is 0 Å². The van der Waals surface area contributed by atoms with E-state index < -0.39 is 18.9 Å². The maximum atomic E-state index is 15.1. The lowest BCUT2D eigenvalue weighted by Gasteiger charge is -2.38. The number of fused-ring (bicyclic) bond motifs is 1. The maximum absolute atomic E-state index is 15.1. The lowest BCUT2D eigenvalue weighted by Crippen LogP contribution is -2.31. The first-order valence-electron chi connectivity index (χ1n) is 10.2. The van der Waals surface area contributed by atoms with Crippen molar-refractivity contribution in [3.8, 4) is 0 Å². The van der Waals surface area contributed by atoms with E-state index >= 15 is 4.57 Å². The van der Waals surface area contributed by atoms with Gasteiger partial charge in [0, 0.05) is 29.1 Å². The van der Waals surface area contributed by atoms with Crippen molar-refractivity contribution in [1.82, 2.24) is 4.90 Å². The number of nitrogens with zero attached hydrogens (tertiary/aromatic N) is 1. The Morgan fingerprint density at radius 2 is 1.52 bits per heavy atom. The number of carbonyl (C=O) groups excluding carboxylic acids is 1. The molecule has 0 N–H and O–H groups in total. The summed E-state index contributed by atoms with van der Waals surface area (Å²) in [7, 11) is -3.19. The van der Waals surface area contributed by atoms with Crippen LogP contribution in [0.5, 0.6) is 0 Å². The molecule has 0 aromatic heterocycles. The summed E-state index contributed by atoms with van der Waals surface area (Å²) in [5.74, 6) is -0.924. The third-order valence-electron chi connectivity index (χ3n) is 5.28. The fourth-order valence-corrected chi connectivity index (χ4v) is 7.14. The molecule has 0 fully saturated rings. The van der Waals surface area contributed by atoms with Crippen LogP contribution in [0.25, 0.3) is 6.08 Å². The average molecular weight is 429 g/mol. The molecule has 0 radical (unpaired) electrons. The maximum Gasteiger partial charge on any atom is 0.332 e. The van der Waals surface area contributed by atoms with Crippen molar-refractivity contribution in [2.75, 3.05) is 6.61 Å².